The van der Waals surface area contributed by atoms with E-state index in [0.717, 1.165) is 27.3 Å². The molecule has 2 aromatic rings. The van der Waals surface area contributed by atoms with Crippen LogP contribution >= 0.6 is 23.4 Å². The molecular weight excluding hydrogens is 466 g/mol. The Morgan fingerprint density at radius 2 is 1.94 bits per heavy atom. The fourth-order valence-electron chi connectivity index (χ4n) is 2.58. The van der Waals surface area contributed by atoms with Crippen molar-refractivity contribution >= 4 is 50.7 Å². The van der Waals surface area contributed by atoms with Crippen molar-refractivity contribution in [2.45, 2.75) is 11.3 Å². The summed E-state index contributed by atoms with van der Waals surface area (Å²) in [6.07, 6.45) is 1.58. The number of amides is 1. The Bertz CT molecular complexity index is 1030. The van der Waals surface area contributed by atoms with Crippen LogP contribution in [0.5, 0.6) is 5.75 Å². The Morgan fingerprint density at radius 1 is 1.26 bits per heavy atom. The molecule has 0 spiro atoms. The second-order valence-corrected chi connectivity index (χ2v) is 9.90. The Hall–Kier alpha value is -2.50. The van der Waals surface area contributed by atoms with Gasteiger partial charge in [0.25, 0.3) is 5.69 Å². The van der Waals surface area contributed by atoms with Crippen molar-refractivity contribution in [3.05, 3.63) is 57.6 Å². The van der Waals surface area contributed by atoms with E-state index < -0.39 is 27.4 Å². The number of carbonyl (C=O) groups is 1. The Labute approximate surface area is 189 Å². The number of hydrogen-bond donors (Lipinski definition) is 1. The lowest BCUT2D eigenvalue weighted by molar-refractivity contribution is -0.384. The smallest absolute Gasteiger partial charge is 0.271 e. The number of anilines is 1. The van der Waals surface area contributed by atoms with Gasteiger partial charge in [0, 0.05) is 28.6 Å². The van der Waals surface area contributed by atoms with Gasteiger partial charge in [-0.2, -0.15) is 0 Å². The molecule has 1 N–H and O–H groups in total. The zero-order valence-electron chi connectivity index (χ0n) is 16.9. The number of non-ortho nitro benzene ring substituents is 1. The van der Waals surface area contributed by atoms with Crippen LogP contribution in [0.1, 0.15) is 6.42 Å². The number of nitro benzene ring substituents is 1. The van der Waals surface area contributed by atoms with Gasteiger partial charge < -0.3 is 10.1 Å². The van der Waals surface area contributed by atoms with E-state index in [9.17, 15) is 23.3 Å². The van der Waals surface area contributed by atoms with Gasteiger partial charge in [-0.1, -0.05) is 11.6 Å². The maximum absolute atomic E-state index is 12.3. The molecule has 0 fully saturated rings. The molecule has 0 unspecified atom stereocenters. The summed E-state index contributed by atoms with van der Waals surface area (Å²) in [6, 6.07) is 11.0. The number of ether oxygens (including phenoxy) is 1. The first-order valence-electron chi connectivity index (χ1n) is 9.07. The summed E-state index contributed by atoms with van der Waals surface area (Å²) in [5.41, 5.74) is -0.392. The summed E-state index contributed by atoms with van der Waals surface area (Å²) in [7, 11) is -2.60. The molecule has 0 saturated carbocycles. The monoisotopic (exact) mass is 487 g/mol. The third-order valence-electron chi connectivity index (χ3n) is 4.06. The van der Waals surface area contributed by atoms with E-state index in [1.807, 2.05) is 12.1 Å². The summed E-state index contributed by atoms with van der Waals surface area (Å²) >= 11 is 7.45. The SMILES string of the molecule is COc1ccc([N+](=O)[O-])cc1N(CC(=O)NCCCSc1ccc(Cl)cc1)S(C)(=O)=O. The molecular formula is C19H22ClN3O6S2. The number of nitro groups is 1. The molecule has 0 radical (unpaired) electrons. The van der Waals surface area contributed by atoms with Gasteiger partial charge in [0.05, 0.1) is 18.3 Å². The summed E-state index contributed by atoms with van der Waals surface area (Å²) in [6.45, 7) is -0.177. The summed E-state index contributed by atoms with van der Waals surface area (Å²) in [4.78, 5) is 23.8. The summed E-state index contributed by atoms with van der Waals surface area (Å²) in [5, 5.41) is 14.4. The van der Waals surface area contributed by atoms with Crippen molar-refractivity contribution in [1.82, 2.24) is 5.32 Å². The topological polar surface area (TPSA) is 119 Å². The number of hydrogen-bond acceptors (Lipinski definition) is 7. The van der Waals surface area contributed by atoms with E-state index in [0.29, 0.717) is 18.0 Å². The minimum atomic E-state index is -3.91. The van der Waals surface area contributed by atoms with E-state index >= 15 is 0 Å². The van der Waals surface area contributed by atoms with Crippen LogP contribution < -0.4 is 14.4 Å². The number of nitrogens with one attached hydrogen (secondary N) is 1. The average Bonchev–Trinajstić information content (AvgIpc) is 2.71. The lowest BCUT2D eigenvalue weighted by Gasteiger charge is -2.23. The van der Waals surface area contributed by atoms with E-state index in [1.165, 1.54) is 19.2 Å². The van der Waals surface area contributed by atoms with Gasteiger partial charge in [0.1, 0.15) is 18.0 Å². The highest BCUT2D eigenvalue weighted by molar-refractivity contribution is 7.99. The van der Waals surface area contributed by atoms with Crippen LogP contribution in [0.2, 0.25) is 5.02 Å². The zero-order chi connectivity index (χ0) is 23.0. The third kappa shape index (κ3) is 7.60. The van der Waals surface area contributed by atoms with Crippen LogP contribution in [0.25, 0.3) is 0 Å². The van der Waals surface area contributed by atoms with Crippen LogP contribution in [0, 0.1) is 10.1 Å². The number of benzene rings is 2. The van der Waals surface area contributed by atoms with Gasteiger partial charge in [0.15, 0.2) is 0 Å². The fraction of sp³-hybridized carbons (Fsp3) is 0.316. The highest BCUT2D eigenvalue weighted by atomic mass is 35.5. The van der Waals surface area contributed by atoms with Crippen molar-refractivity contribution in [2.24, 2.45) is 0 Å². The van der Waals surface area contributed by atoms with Crippen LogP contribution in [0.4, 0.5) is 11.4 Å². The summed E-state index contributed by atoms with van der Waals surface area (Å²) < 4.78 is 30.5. The predicted octanol–water partition coefficient (Wildman–Crippen LogP) is 3.32. The minimum absolute atomic E-state index is 0.0763. The molecule has 0 heterocycles. The second kappa shape index (κ2) is 11.2. The van der Waals surface area contributed by atoms with E-state index in [4.69, 9.17) is 16.3 Å². The maximum Gasteiger partial charge on any atom is 0.271 e. The number of methoxy groups -OCH3 is 1. The number of thioether (sulfide) groups is 1. The molecule has 9 nitrogen and oxygen atoms in total. The zero-order valence-corrected chi connectivity index (χ0v) is 19.3. The third-order valence-corrected chi connectivity index (χ3v) is 6.53. The van der Waals surface area contributed by atoms with Crippen LogP contribution in [-0.4, -0.2) is 51.5 Å². The molecule has 12 heteroatoms. The number of sulfonamides is 1. The van der Waals surface area contributed by atoms with Gasteiger partial charge >= 0.3 is 0 Å². The van der Waals surface area contributed by atoms with Crippen molar-refractivity contribution < 1.29 is 22.9 Å². The molecule has 0 aliphatic carbocycles. The van der Waals surface area contributed by atoms with E-state index in [-0.39, 0.29) is 17.1 Å². The van der Waals surface area contributed by atoms with Gasteiger partial charge in [-0.05, 0) is 42.5 Å². The molecule has 0 saturated heterocycles. The molecule has 0 atom stereocenters. The Morgan fingerprint density at radius 3 is 2.52 bits per heavy atom. The molecule has 0 aliphatic rings. The fourth-order valence-corrected chi connectivity index (χ4v) is 4.41. The molecule has 168 valence electrons. The van der Waals surface area contributed by atoms with Gasteiger partial charge in [0.2, 0.25) is 15.9 Å². The molecule has 0 aliphatic heterocycles. The highest BCUT2D eigenvalue weighted by Crippen LogP contribution is 2.33. The molecule has 1 amide bonds. The van der Waals surface area contributed by atoms with Crippen molar-refractivity contribution in [2.75, 3.05) is 36.5 Å². The number of rotatable bonds is 11. The first-order valence-corrected chi connectivity index (χ1v) is 12.3. The average molecular weight is 488 g/mol. The van der Waals surface area contributed by atoms with E-state index in [1.54, 1.807) is 23.9 Å². The molecule has 0 bridgehead atoms. The first kappa shape index (κ1) is 24.8. The Balaban J connectivity index is 1.98. The lowest BCUT2D eigenvalue weighted by Crippen LogP contribution is -2.40. The largest absolute Gasteiger partial charge is 0.495 e. The van der Waals surface area contributed by atoms with Crippen LogP contribution in [0.15, 0.2) is 47.4 Å². The number of carbonyl (C=O) groups excluding carboxylic acids is 1. The van der Waals surface area contributed by atoms with Crippen molar-refractivity contribution in [3.8, 4) is 5.75 Å². The van der Waals surface area contributed by atoms with Crippen LogP contribution in [-0.2, 0) is 14.8 Å². The minimum Gasteiger partial charge on any atom is -0.495 e. The predicted molar refractivity (Wildman–Crippen MR) is 122 cm³/mol. The number of halogens is 1. The van der Waals surface area contributed by atoms with Crippen molar-refractivity contribution in [3.63, 3.8) is 0 Å². The normalized spacial score (nSPS) is 11.1. The highest BCUT2D eigenvalue weighted by Gasteiger charge is 2.26. The molecule has 0 aromatic heterocycles. The number of nitrogens with zero attached hydrogens (tertiary/aromatic N) is 2. The summed E-state index contributed by atoms with van der Waals surface area (Å²) in [5.74, 6) is 0.315. The molecule has 31 heavy (non-hydrogen) atoms. The maximum atomic E-state index is 12.3. The first-order chi connectivity index (χ1) is 14.6. The standard InChI is InChI=1S/C19H22ClN3O6S2/c1-29-18-9-6-15(23(25)26)12-17(18)22(31(2,27)28)13-19(24)21-10-3-11-30-16-7-4-14(20)5-8-16/h4-9,12H,3,10-11,13H2,1-2H3,(H,21,24). The molecule has 2 aromatic carbocycles. The quantitative estimate of drug-likeness (QED) is 0.223. The van der Waals surface area contributed by atoms with Gasteiger partial charge in [-0.15, -0.1) is 11.8 Å². The van der Waals surface area contributed by atoms with Gasteiger partial charge in [-0.25, -0.2) is 8.42 Å². The molecule has 2 rings (SSSR count). The second-order valence-electron chi connectivity index (χ2n) is 6.39. The lowest BCUT2D eigenvalue weighted by atomic mass is 10.2. The Kier molecular flexibility index (Phi) is 8.96. The van der Waals surface area contributed by atoms with Crippen molar-refractivity contribution in [1.29, 1.82) is 0 Å². The van der Waals surface area contributed by atoms with E-state index in [2.05, 4.69) is 5.32 Å². The van der Waals surface area contributed by atoms with Gasteiger partial charge in [-0.3, -0.25) is 19.2 Å². The van der Waals surface area contributed by atoms with Crippen LogP contribution in [0.3, 0.4) is 0 Å².